The normalized spacial score (nSPS) is 11.4. The molecule has 0 atom stereocenters. The molecule has 0 saturated carbocycles. The molecular formula is C15H26N2S2. The van der Waals surface area contributed by atoms with E-state index in [9.17, 15) is 0 Å². The SMILES string of the molecule is CCCN(CC)CCCCN(C)c1c(C)c(=S)c1=S. The Bertz CT molecular complexity index is 461. The lowest BCUT2D eigenvalue weighted by Gasteiger charge is -2.25. The Morgan fingerprint density at radius 1 is 0.947 bits per heavy atom. The number of hydrogen-bond acceptors (Lipinski definition) is 4. The van der Waals surface area contributed by atoms with Crippen LogP contribution in [0.25, 0.3) is 0 Å². The van der Waals surface area contributed by atoms with Crippen molar-refractivity contribution in [3.63, 3.8) is 0 Å². The highest BCUT2D eigenvalue weighted by Crippen LogP contribution is 2.28. The van der Waals surface area contributed by atoms with Gasteiger partial charge in [0.15, 0.2) is 0 Å². The Hall–Kier alpha value is -0.320. The average Bonchev–Trinajstić information content (AvgIpc) is 2.42. The molecule has 1 aromatic carbocycles. The van der Waals surface area contributed by atoms with Gasteiger partial charge in [-0.15, -0.1) is 0 Å². The summed E-state index contributed by atoms with van der Waals surface area (Å²) in [7, 11) is 2.12. The van der Waals surface area contributed by atoms with Gasteiger partial charge in [-0.25, -0.2) is 0 Å². The fourth-order valence-electron chi connectivity index (χ4n) is 2.49. The summed E-state index contributed by atoms with van der Waals surface area (Å²) in [5.74, 6) is 0. The van der Waals surface area contributed by atoms with Crippen LogP contribution in [0.4, 0.5) is 5.69 Å². The van der Waals surface area contributed by atoms with Crippen molar-refractivity contribution in [3.8, 4) is 0 Å². The van der Waals surface area contributed by atoms with Gasteiger partial charge < -0.3 is 9.80 Å². The summed E-state index contributed by atoms with van der Waals surface area (Å²) in [5.41, 5.74) is 2.39. The van der Waals surface area contributed by atoms with Gasteiger partial charge in [0.2, 0.25) is 0 Å². The van der Waals surface area contributed by atoms with Crippen molar-refractivity contribution in [2.75, 3.05) is 38.1 Å². The van der Waals surface area contributed by atoms with E-state index >= 15 is 0 Å². The van der Waals surface area contributed by atoms with Gasteiger partial charge in [-0.3, -0.25) is 0 Å². The summed E-state index contributed by atoms with van der Waals surface area (Å²) in [6, 6.07) is 0. The Labute approximate surface area is 128 Å². The van der Waals surface area contributed by atoms with E-state index in [1.165, 1.54) is 43.6 Å². The fraction of sp³-hybridized carbons (Fsp3) is 0.733. The standard InChI is InChI=1S/C15H26N2S2/c1-5-9-17(6-2)11-8-7-10-16(4)13-12(3)14(18)15(13)19/h5-11H2,1-4H3. The van der Waals surface area contributed by atoms with Crippen molar-refractivity contribution in [3.05, 3.63) is 14.6 Å². The predicted octanol–water partition coefficient (Wildman–Crippen LogP) is 4.28. The molecule has 0 aromatic heterocycles. The smallest absolute Gasteiger partial charge is 0.0797 e. The molecule has 0 unspecified atom stereocenters. The summed E-state index contributed by atoms with van der Waals surface area (Å²) in [6.07, 6.45) is 3.70. The summed E-state index contributed by atoms with van der Waals surface area (Å²) in [4.78, 5) is 4.79. The van der Waals surface area contributed by atoms with Gasteiger partial charge in [0.25, 0.3) is 0 Å². The van der Waals surface area contributed by atoms with Gasteiger partial charge in [-0.2, -0.15) is 0 Å². The fourth-order valence-corrected chi connectivity index (χ4v) is 3.15. The Kier molecular flexibility index (Phi) is 7.11. The minimum Gasteiger partial charge on any atom is -0.373 e. The van der Waals surface area contributed by atoms with Crippen molar-refractivity contribution in [2.24, 2.45) is 0 Å². The zero-order valence-electron chi connectivity index (χ0n) is 12.7. The molecule has 0 aliphatic carbocycles. The van der Waals surface area contributed by atoms with Crippen molar-refractivity contribution in [1.29, 1.82) is 0 Å². The van der Waals surface area contributed by atoms with Crippen LogP contribution in [0.3, 0.4) is 0 Å². The third-order valence-electron chi connectivity index (χ3n) is 3.70. The molecule has 1 rings (SSSR count). The Morgan fingerprint density at radius 3 is 2.11 bits per heavy atom. The number of unbranched alkanes of at least 4 members (excludes halogenated alkanes) is 1. The van der Waals surface area contributed by atoms with E-state index < -0.39 is 0 Å². The van der Waals surface area contributed by atoms with Crippen LogP contribution in [0, 0.1) is 15.9 Å². The minimum atomic E-state index is 0.885. The Morgan fingerprint density at radius 2 is 1.58 bits per heavy atom. The van der Waals surface area contributed by atoms with Crippen LogP contribution in [0.15, 0.2) is 0 Å². The molecule has 0 amide bonds. The molecule has 108 valence electrons. The van der Waals surface area contributed by atoms with Crippen LogP contribution in [0.5, 0.6) is 0 Å². The highest BCUT2D eigenvalue weighted by atomic mass is 32.1. The topological polar surface area (TPSA) is 6.48 Å². The average molecular weight is 299 g/mol. The molecule has 1 aromatic rings. The highest BCUT2D eigenvalue weighted by Gasteiger charge is 2.14. The summed E-state index contributed by atoms with van der Waals surface area (Å²) < 4.78 is 1.77. The maximum atomic E-state index is 5.31. The van der Waals surface area contributed by atoms with Crippen LogP contribution in [-0.4, -0.2) is 38.1 Å². The largest absolute Gasteiger partial charge is 0.373 e. The van der Waals surface area contributed by atoms with Gasteiger partial charge in [-0.1, -0.05) is 38.3 Å². The monoisotopic (exact) mass is 298 g/mol. The van der Waals surface area contributed by atoms with E-state index in [1.807, 2.05) is 0 Å². The van der Waals surface area contributed by atoms with Crippen LogP contribution < -0.4 is 4.90 Å². The van der Waals surface area contributed by atoms with E-state index in [4.69, 9.17) is 24.4 Å². The van der Waals surface area contributed by atoms with Gasteiger partial charge in [-0.05, 0) is 51.4 Å². The summed E-state index contributed by atoms with van der Waals surface area (Å²) >= 11 is 10.5. The van der Waals surface area contributed by atoms with Crippen LogP contribution in [-0.2, 0) is 0 Å². The predicted molar refractivity (Wildman–Crippen MR) is 90.1 cm³/mol. The molecular weight excluding hydrogens is 272 g/mol. The van der Waals surface area contributed by atoms with E-state index in [0.717, 1.165) is 22.1 Å². The minimum absolute atomic E-state index is 0.885. The molecule has 0 fully saturated rings. The van der Waals surface area contributed by atoms with Crippen LogP contribution >= 0.6 is 24.4 Å². The molecule has 0 spiro atoms. The van der Waals surface area contributed by atoms with E-state index in [2.05, 4.69) is 37.6 Å². The number of nitrogens with zero attached hydrogens (tertiary/aromatic N) is 2. The number of hydrogen-bond donors (Lipinski definition) is 0. The lowest BCUT2D eigenvalue weighted by molar-refractivity contribution is 0.283. The first-order chi connectivity index (χ1) is 9.02. The zero-order valence-corrected chi connectivity index (χ0v) is 14.3. The molecule has 0 saturated heterocycles. The Balaban J connectivity index is 2.30. The zero-order chi connectivity index (χ0) is 14.4. The van der Waals surface area contributed by atoms with E-state index in [-0.39, 0.29) is 0 Å². The van der Waals surface area contributed by atoms with Gasteiger partial charge >= 0.3 is 0 Å². The first kappa shape index (κ1) is 16.7. The maximum Gasteiger partial charge on any atom is 0.0797 e. The van der Waals surface area contributed by atoms with Crippen molar-refractivity contribution < 1.29 is 0 Å². The summed E-state index contributed by atoms with van der Waals surface area (Å²) in [5, 5.41) is 0. The first-order valence-corrected chi connectivity index (χ1v) is 8.07. The molecule has 2 nitrogen and oxygen atoms in total. The molecule has 0 heterocycles. The molecule has 0 bridgehead atoms. The third kappa shape index (κ3) is 4.33. The van der Waals surface area contributed by atoms with Crippen molar-refractivity contribution >= 4 is 30.1 Å². The van der Waals surface area contributed by atoms with Crippen LogP contribution in [0.2, 0.25) is 0 Å². The maximum absolute atomic E-state index is 5.31. The van der Waals surface area contributed by atoms with Gasteiger partial charge in [0, 0.05) is 13.6 Å². The van der Waals surface area contributed by atoms with Gasteiger partial charge in [0.05, 0.1) is 14.7 Å². The second kappa shape index (κ2) is 8.08. The lowest BCUT2D eigenvalue weighted by atomic mass is 10.1. The molecule has 4 heteroatoms. The van der Waals surface area contributed by atoms with Crippen molar-refractivity contribution in [2.45, 2.75) is 40.0 Å². The van der Waals surface area contributed by atoms with E-state index in [1.54, 1.807) is 0 Å². The number of anilines is 1. The lowest BCUT2D eigenvalue weighted by Crippen LogP contribution is -2.27. The molecule has 0 radical (unpaired) electrons. The summed E-state index contributed by atoms with van der Waals surface area (Å²) in [6.45, 7) is 11.2. The molecule has 19 heavy (non-hydrogen) atoms. The van der Waals surface area contributed by atoms with Gasteiger partial charge in [0.1, 0.15) is 0 Å². The van der Waals surface area contributed by atoms with Crippen LogP contribution in [0.1, 0.15) is 38.7 Å². The first-order valence-electron chi connectivity index (χ1n) is 7.26. The third-order valence-corrected chi connectivity index (χ3v) is 4.74. The molecule has 0 aliphatic rings. The second-order valence-corrected chi connectivity index (χ2v) is 6.01. The highest BCUT2D eigenvalue weighted by molar-refractivity contribution is 7.74. The quantitative estimate of drug-likeness (QED) is 0.496. The molecule has 0 aliphatic heterocycles. The molecule has 0 N–H and O–H groups in total. The van der Waals surface area contributed by atoms with E-state index in [0.29, 0.717) is 0 Å². The number of rotatable bonds is 9. The van der Waals surface area contributed by atoms with Crippen molar-refractivity contribution in [1.82, 2.24) is 4.90 Å². The second-order valence-electron chi connectivity index (χ2n) is 5.19.